The molecule has 2 aromatic rings. The number of hydrogen-bond acceptors (Lipinski definition) is 4. The first-order chi connectivity index (χ1) is 7.75. The van der Waals surface area contributed by atoms with Gasteiger partial charge in [0.2, 0.25) is 0 Å². The van der Waals surface area contributed by atoms with Crippen molar-refractivity contribution in [2.45, 2.75) is 6.54 Å². The van der Waals surface area contributed by atoms with E-state index in [1.54, 1.807) is 16.9 Å². The number of hydrogen-bond donors (Lipinski definition) is 2. The maximum absolute atomic E-state index is 11.0. The van der Waals surface area contributed by atoms with Gasteiger partial charge in [-0.3, -0.25) is 4.79 Å². The summed E-state index contributed by atoms with van der Waals surface area (Å²) in [6.45, 7) is 0.674. The van der Waals surface area contributed by atoms with E-state index >= 15 is 0 Å². The SMILES string of the molecule is NC(=O)c1cc2n(n1)-c1ncccc1CN2. The van der Waals surface area contributed by atoms with Crippen LogP contribution in [0.3, 0.4) is 0 Å². The smallest absolute Gasteiger partial charge is 0.269 e. The minimum absolute atomic E-state index is 0.237. The van der Waals surface area contributed by atoms with Crippen molar-refractivity contribution in [3.05, 3.63) is 35.7 Å². The van der Waals surface area contributed by atoms with E-state index in [-0.39, 0.29) is 5.69 Å². The average Bonchev–Trinajstić information content (AvgIpc) is 2.73. The van der Waals surface area contributed by atoms with Gasteiger partial charge in [0.15, 0.2) is 11.5 Å². The minimum atomic E-state index is -0.541. The molecule has 16 heavy (non-hydrogen) atoms. The molecule has 6 nitrogen and oxygen atoms in total. The summed E-state index contributed by atoms with van der Waals surface area (Å²) in [4.78, 5) is 15.3. The van der Waals surface area contributed by atoms with Gasteiger partial charge >= 0.3 is 0 Å². The third-order valence-electron chi connectivity index (χ3n) is 2.49. The van der Waals surface area contributed by atoms with Crippen LogP contribution in [0.2, 0.25) is 0 Å². The second kappa shape index (κ2) is 3.06. The maximum Gasteiger partial charge on any atom is 0.269 e. The van der Waals surface area contributed by atoms with Crippen molar-refractivity contribution in [3.8, 4) is 5.82 Å². The summed E-state index contributed by atoms with van der Waals surface area (Å²) in [7, 11) is 0. The van der Waals surface area contributed by atoms with Crippen LogP contribution in [0.25, 0.3) is 5.82 Å². The van der Waals surface area contributed by atoms with Gasteiger partial charge in [-0.25, -0.2) is 4.98 Å². The number of carbonyl (C=O) groups is 1. The number of rotatable bonds is 1. The van der Waals surface area contributed by atoms with Crippen LogP contribution in [-0.2, 0) is 6.54 Å². The van der Waals surface area contributed by atoms with Crippen molar-refractivity contribution >= 4 is 11.7 Å². The molecule has 80 valence electrons. The number of nitrogens with one attached hydrogen (secondary N) is 1. The van der Waals surface area contributed by atoms with Crippen molar-refractivity contribution in [3.63, 3.8) is 0 Å². The Kier molecular flexibility index (Phi) is 1.70. The Hall–Kier alpha value is -2.37. The molecule has 0 spiro atoms. The molecule has 0 fully saturated rings. The standard InChI is InChI=1S/C10H9N5O/c11-9(16)7-4-8-13-5-6-2-1-3-12-10(6)15(8)14-7/h1-4,13H,5H2,(H2,11,16). The van der Waals surface area contributed by atoms with Gasteiger partial charge in [-0.2, -0.15) is 9.78 Å². The van der Waals surface area contributed by atoms with Crippen LogP contribution in [0, 0.1) is 0 Å². The van der Waals surface area contributed by atoms with E-state index in [9.17, 15) is 4.79 Å². The topological polar surface area (TPSA) is 85.8 Å². The molecule has 1 amide bonds. The second-order valence-electron chi connectivity index (χ2n) is 3.53. The molecule has 0 bridgehead atoms. The molecule has 2 aromatic heterocycles. The molecular weight excluding hydrogens is 206 g/mol. The van der Waals surface area contributed by atoms with Crippen LogP contribution in [0.4, 0.5) is 5.82 Å². The normalized spacial score (nSPS) is 12.5. The van der Waals surface area contributed by atoms with Gasteiger partial charge in [-0.15, -0.1) is 0 Å². The molecule has 0 aliphatic carbocycles. The molecule has 6 heteroatoms. The molecule has 1 aliphatic rings. The van der Waals surface area contributed by atoms with Crippen molar-refractivity contribution in [1.82, 2.24) is 14.8 Å². The van der Waals surface area contributed by atoms with Crippen LogP contribution in [0.15, 0.2) is 24.4 Å². The number of aromatic nitrogens is 3. The van der Waals surface area contributed by atoms with Crippen molar-refractivity contribution in [2.24, 2.45) is 5.73 Å². The quantitative estimate of drug-likeness (QED) is 0.716. The summed E-state index contributed by atoms with van der Waals surface area (Å²) in [5, 5.41) is 7.26. The summed E-state index contributed by atoms with van der Waals surface area (Å²) >= 11 is 0. The Bertz CT molecular complexity index is 574. The Morgan fingerprint density at radius 3 is 3.25 bits per heavy atom. The van der Waals surface area contributed by atoms with E-state index < -0.39 is 5.91 Å². The van der Waals surface area contributed by atoms with Gasteiger partial charge in [-0.1, -0.05) is 6.07 Å². The first-order valence-corrected chi connectivity index (χ1v) is 4.84. The number of nitrogens with two attached hydrogens (primary N) is 1. The Morgan fingerprint density at radius 2 is 2.44 bits per heavy atom. The monoisotopic (exact) mass is 215 g/mol. The molecule has 0 aromatic carbocycles. The van der Waals surface area contributed by atoms with Gasteiger partial charge in [-0.05, 0) is 6.07 Å². The third kappa shape index (κ3) is 1.16. The molecule has 0 unspecified atom stereocenters. The van der Waals surface area contributed by atoms with E-state index in [1.165, 1.54) is 0 Å². The van der Waals surface area contributed by atoms with Gasteiger partial charge in [0.25, 0.3) is 5.91 Å². The molecule has 3 heterocycles. The van der Waals surface area contributed by atoms with E-state index in [4.69, 9.17) is 5.73 Å². The van der Waals surface area contributed by atoms with Crippen molar-refractivity contribution in [2.75, 3.05) is 5.32 Å². The number of fused-ring (bicyclic) bond motifs is 3. The lowest BCUT2D eigenvalue weighted by Gasteiger charge is -2.17. The number of pyridine rings is 1. The van der Waals surface area contributed by atoms with Gasteiger partial charge < -0.3 is 11.1 Å². The van der Waals surface area contributed by atoms with Gasteiger partial charge in [0.05, 0.1) is 0 Å². The fourth-order valence-electron chi connectivity index (χ4n) is 1.73. The van der Waals surface area contributed by atoms with Gasteiger partial charge in [0, 0.05) is 24.4 Å². The molecule has 0 atom stereocenters. The number of primary amides is 1. The first kappa shape index (κ1) is 8.90. The first-order valence-electron chi connectivity index (χ1n) is 4.84. The summed E-state index contributed by atoms with van der Waals surface area (Å²) in [6.07, 6.45) is 1.69. The predicted octanol–water partition coefficient (Wildman–Crippen LogP) is 0.292. The van der Waals surface area contributed by atoms with Crippen molar-refractivity contribution < 1.29 is 4.79 Å². The lowest BCUT2D eigenvalue weighted by atomic mass is 10.2. The predicted molar refractivity (Wildman–Crippen MR) is 57.2 cm³/mol. The fourth-order valence-corrected chi connectivity index (χ4v) is 1.73. The van der Waals surface area contributed by atoms with Crippen LogP contribution < -0.4 is 11.1 Å². The third-order valence-corrected chi connectivity index (χ3v) is 2.49. The zero-order chi connectivity index (χ0) is 11.1. The van der Waals surface area contributed by atoms with Crippen LogP contribution in [-0.4, -0.2) is 20.7 Å². The molecule has 3 N–H and O–H groups in total. The second-order valence-corrected chi connectivity index (χ2v) is 3.53. The summed E-state index contributed by atoms with van der Waals surface area (Å²) in [6, 6.07) is 5.45. The minimum Gasteiger partial charge on any atom is -0.366 e. The lowest BCUT2D eigenvalue weighted by Crippen LogP contribution is -2.17. The summed E-state index contributed by atoms with van der Waals surface area (Å²) < 4.78 is 1.60. The zero-order valence-electron chi connectivity index (χ0n) is 8.34. The zero-order valence-corrected chi connectivity index (χ0v) is 8.34. The molecule has 0 saturated heterocycles. The van der Waals surface area contributed by atoms with E-state index in [2.05, 4.69) is 15.4 Å². The highest BCUT2D eigenvalue weighted by atomic mass is 16.1. The summed E-state index contributed by atoms with van der Waals surface area (Å²) in [5.74, 6) is 0.935. The molecule has 0 saturated carbocycles. The Labute approximate surface area is 91.1 Å². The lowest BCUT2D eigenvalue weighted by molar-refractivity contribution is 0.0995. The molecule has 0 radical (unpaired) electrons. The fraction of sp³-hybridized carbons (Fsp3) is 0.100. The largest absolute Gasteiger partial charge is 0.366 e. The number of carbonyl (C=O) groups excluding carboxylic acids is 1. The van der Waals surface area contributed by atoms with E-state index in [0.29, 0.717) is 6.54 Å². The van der Waals surface area contributed by atoms with Crippen molar-refractivity contribution in [1.29, 1.82) is 0 Å². The maximum atomic E-state index is 11.0. The highest BCUT2D eigenvalue weighted by Crippen LogP contribution is 2.23. The van der Waals surface area contributed by atoms with Crippen LogP contribution in [0.1, 0.15) is 16.1 Å². The molecule has 1 aliphatic heterocycles. The Balaban J connectivity index is 2.20. The molecular formula is C10H9N5O. The summed E-state index contributed by atoms with van der Waals surface area (Å²) in [5.41, 5.74) is 6.46. The highest BCUT2D eigenvalue weighted by molar-refractivity contribution is 5.91. The van der Waals surface area contributed by atoms with Crippen LogP contribution in [0.5, 0.6) is 0 Å². The number of nitrogens with zero attached hydrogens (tertiary/aromatic N) is 3. The number of amides is 1. The van der Waals surface area contributed by atoms with Crippen LogP contribution >= 0.6 is 0 Å². The van der Waals surface area contributed by atoms with E-state index in [1.807, 2.05) is 12.1 Å². The van der Waals surface area contributed by atoms with Gasteiger partial charge in [0.1, 0.15) is 5.82 Å². The Morgan fingerprint density at radius 1 is 1.56 bits per heavy atom. The molecule has 3 rings (SSSR count). The van der Waals surface area contributed by atoms with E-state index in [0.717, 1.165) is 17.2 Å². The number of anilines is 1. The average molecular weight is 215 g/mol. The highest BCUT2D eigenvalue weighted by Gasteiger charge is 2.19.